The molecule has 0 radical (unpaired) electrons. The van der Waals surface area contributed by atoms with E-state index in [1.165, 1.54) is 0 Å². The van der Waals surface area contributed by atoms with Crippen molar-refractivity contribution >= 4 is 15.8 Å². The fourth-order valence-electron chi connectivity index (χ4n) is 2.31. The summed E-state index contributed by atoms with van der Waals surface area (Å²) < 4.78 is 25.5. The molecule has 1 aliphatic heterocycles. The maximum atomic E-state index is 11.7. The maximum absolute atomic E-state index is 11.7. The highest BCUT2D eigenvalue weighted by Gasteiger charge is 2.31. The Labute approximate surface area is 109 Å². The number of aromatic nitrogens is 2. The highest BCUT2D eigenvalue weighted by Crippen LogP contribution is 2.20. The van der Waals surface area contributed by atoms with E-state index in [-0.39, 0.29) is 5.25 Å². The van der Waals surface area contributed by atoms with Gasteiger partial charge in [-0.15, -0.1) is 0 Å². The number of hydrogen-bond acceptors (Lipinski definition) is 4. The molecule has 102 valence electrons. The van der Waals surface area contributed by atoms with Gasteiger partial charge in [-0.3, -0.25) is 0 Å². The topological polar surface area (TPSA) is 64.0 Å². The van der Waals surface area contributed by atoms with Gasteiger partial charge in [0.15, 0.2) is 9.84 Å². The van der Waals surface area contributed by atoms with E-state index >= 15 is 0 Å². The van der Waals surface area contributed by atoms with Crippen LogP contribution in [0.5, 0.6) is 0 Å². The second-order valence-electron chi connectivity index (χ2n) is 5.31. The molecule has 1 aliphatic rings. The molecule has 2 rings (SSSR count). The molecule has 1 aromatic rings. The maximum Gasteiger partial charge on any atom is 0.202 e. The van der Waals surface area contributed by atoms with Crippen molar-refractivity contribution in [3.05, 3.63) is 12.4 Å². The molecule has 1 fully saturated rings. The van der Waals surface area contributed by atoms with Crippen LogP contribution in [0, 0.1) is 5.92 Å². The van der Waals surface area contributed by atoms with E-state index in [4.69, 9.17) is 0 Å². The fraction of sp³-hybridized carbons (Fsp3) is 0.750. The zero-order valence-electron chi connectivity index (χ0n) is 11.0. The molecular formula is C12H21N3O2S. The zero-order chi connectivity index (χ0) is 13.2. The summed E-state index contributed by atoms with van der Waals surface area (Å²) in [4.78, 5) is 4.23. The molecule has 5 nitrogen and oxygen atoms in total. The minimum Gasteiger partial charge on any atom is -0.354 e. The minimum absolute atomic E-state index is 0.248. The van der Waals surface area contributed by atoms with E-state index in [1.807, 2.05) is 10.8 Å². The summed E-state index contributed by atoms with van der Waals surface area (Å²) >= 11 is 0. The first-order chi connectivity index (χ1) is 8.49. The van der Waals surface area contributed by atoms with Crippen LogP contribution in [-0.2, 0) is 16.4 Å². The molecule has 1 unspecified atom stereocenters. The second-order valence-corrected chi connectivity index (χ2v) is 7.71. The molecule has 0 bridgehead atoms. The second kappa shape index (κ2) is 5.30. The van der Waals surface area contributed by atoms with Crippen LogP contribution in [0.3, 0.4) is 0 Å². The summed E-state index contributed by atoms with van der Waals surface area (Å²) in [6.45, 7) is 5.65. The largest absolute Gasteiger partial charge is 0.354 e. The van der Waals surface area contributed by atoms with Crippen molar-refractivity contribution in [2.24, 2.45) is 5.92 Å². The molecule has 1 aromatic heterocycles. The monoisotopic (exact) mass is 271 g/mol. The van der Waals surface area contributed by atoms with Crippen molar-refractivity contribution in [2.75, 3.05) is 17.6 Å². The Balaban J connectivity index is 1.96. The van der Waals surface area contributed by atoms with Gasteiger partial charge in [-0.2, -0.15) is 0 Å². The number of rotatable bonds is 5. The van der Waals surface area contributed by atoms with Crippen LogP contribution >= 0.6 is 0 Å². The summed E-state index contributed by atoms with van der Waals surface area (Å²) in [6, 6.07) is 0. The zero-order valence-corrected chi connectivity index (χ0v) is 11.8. The average molecular weight is 271 g/mol. The summed E-state index contributed by atoms with van der Waals surface area (Å²) in [7, 11) is -2.88. The number of imidazole rings is 1. The Bertz CT molecular complexity index is 493. The highest BCUT2D eigenvalue weighted by atomic mass is 32.2. The van der Waals surface area contributed by atoms with Gasteiger partial charge in [-0.05, 0) is 18.8 Å². The molecule has 0 amide bonds. The number of anilines is 1. The van der Waals surface area contributed by atoms with E-state index < -0.39 is 9.84 Å². The van der Waals surface area contributed by atoms with Gasteiger partial charge in [0, 0.05) is 25.5 Å². The lowest BCUT2D eigenvalue weighted by Gasteiger charge is -2.14. The van der Waals surface area contributed by atoms with E-state index in [0.29, 0.717) is 18.2 Å². The first kappa shape index (κ1) is 13.4. The molecule has 0 aromatic carbocycles. The average Bonchev–Trinajstić information content (AvgIpc) is 2.81. The Kier molecular flexibility index (Phi) is 3.94. The van der Waals surface area contributed by atoms with Crippen molar-refractivity contribution in [3.63, 3.8) is 0 Å². The van der Waals surface area contributed by atoms with Crippen molar-refractivity contribution < 1.29 is 8.42 Å². The molecule has 0 aliphatic carbocycles. The van der Waals surface area contributed by atoms with Gasteiger partial charge in [0.1, 0.15) is 0 Å². The smallest absolute Gasteiger partial charge is 0.202 e. The molecule has 6 heteroatoms. The third kappa shape index (κ3) is 3.04. The minimum atomic E-state index is -2.88. The number of hydrogen-bond donors (Lipinski definition) is 1. The first-order valence-corrected chi connectivity index (χ1v) is 8.17. The molecule has 18 heavy (non-hydrogen) atoms. The molecule has 1 atom stereocenters. The molecule has 1 N–H and O–H groups in total. The van der Waals surface area contributed by atoms with E-state index in [2.05, 4.69) is 24.1 Å². The molecule has 1 saturated heterocycles. The predicted octanol–water partition coefficient (Wildman–Crippen LogP) is 1.53. The van der Waals surface area contributed by atoms with Crippen LogP contribution in [-0.4, -0.2) is 35.5 Å². The number of nitrogens with one attached hydrogen (secondary N) is 1. The van der Waals surface area contributed by atoms with Crippen LogP contribution in [0.25, 0.3) is 0 Å². The van der Waals surface area contributed by atoms with Crippen LogP contribution in [0.1, 0.15) is 26.7 Å². The van der Waals surface area contributed by atoms with Crippen molar-refractivity contribution in [3.8, 4) is 0 Å². The lowest BCUT2D eigenvalue weighted by Crippen LogP contribution is -2.26. The van der Waals surface area contributed by atoms with Crippen molar-refractivity contribution in [1.82, 2.24) is 9.55 Å². The first-order valence-electron chi connectivity index (χ1n) is 6.45. The standard InChI is InChI=1S/C12H21N3O2S/c1-10(2)9-15-6-5-13-12(15)14-8-11-4-3-7-18(11,16)17/h5-6,10-11H,3-4,7-9H2,1-2H3,(H,13,14). The summed E-state index contributed by atoms with van der Waals surface area (Å²) in [5.74, 6) is 1.64. The van der Waals surface area contributed by atoms with E-state index in [9.17, 15) is 8.42 Å². The van der Waals surface area contributed by atoms with Crippen molar-refractivity contribution in [2.45, 2.75) is 38.5 Å². The third-order valence-corrected chi connectivity index (χ3v) is 5.50. The van der Waals surface area contributed by atoms with Gasteiger partial charge in [-0.25, -0.2) is 13.4 Å². The molecule has 2 heterocycles. The fourth-order valence-corrected chi connectivity index (χ4v) is 4.08. The number of nitrogens with zero attached hydrogens (tertiary/aromatic N) is 2. The van der Waals surface area contributed by atoms with Gasteiger partial charge >= 0.3 is 0 Å². The van der Waals surface area contributed by atoms with Crippen LogP contribution < -0.4 is 5.32 Å². The van der Waals surface area contributed by atoms with Gasteiger partial charge < -0.3 is 9.88 Å². The lowest BCUT2D eigenvalue weighted by atomic mass is 10.2. The predicted molar refractivity (Wildman–Crippen MR) is 72.4 cm³/mol. The van der Waals surface area contributed by atoms with Crippen molar-refractivity contribution in [1.29, 1.82) is 0 Å². The molecule has 0 spiro atoms. The molecular weight excluding hydrogens is 250 g/mol. The number of sulfone groups is 1. The van der Waals surface area contributed by atoms with Gasteiger partial charge in [-0.1, -0.05) is 13.8 Å². The normalized spacial score (nSPS) is 22.5. The molecule has 0 saturated carbocycles. The van der Waals surface area contributed by atoms with Gasteiger partial charge in [0.05, 0.1) is 11.0 Å². The summed E-state index contributed by atoms with van der Waals surface area (Å²) in [5, 5.41) is 2.92. The Hall–Kier alpha value is -1.04. The van der Waals surface area contributed by atoms with Gasteiger partial charge in [0.25, 0.3) is 0 Å². The SMILES string of the molecule is CC(C)Cn1ccnc1NCC1CCCS1(=O)=O. The highest BCUT2D eigenvalue weighted by molar-refractivity contribution is 7.92. The van der Waals surface area contributed by atoms with Gasteiger partial charge in [0.2, 0.25) is 5.95 Å². The van der Waals surface area contributed by atoms with Crippen LogP contribution in [0.15, 0.2) is 12.4 Å². The third-order valence-electron chi connectivity index (χ3n) is 3.23. The summed E-state index contributed by atoms with van der Waals surface area (Å²) in [6.07, 6.45) is 5.22. The van der Waals surface area contributed by atoms with Crippen LogP contribution in [0.4, 0.5) is 5.95 Å². The Morgan fingerprint density at radius 3 is 2.94 bits per heavy atom. The lowest BCUT2D eigenvalue weighted by molar-refractivity contribution is 0.525. The Morgan fingerprint density at radius 1 is 1.56 bits per heavy atom. The van der Waals surface area contributed by atoms with E-state index in [0.717, 1.165) is 25.3 Å². The van der Waals surface area contributed by atoms with E-state index in [1.54, 1.807) is 6.20 Å². The Morgan fingerprint density at radius 2 is 2.33 bits per heavy atom. The quantitative estimate of drug-likeness (QED) is 0.882. The van der Waals surface area contributed by atoms with Crippen LogP contribution in [0.2, 0.25) is 0 Å². The summed E-state index contributed by atoms with van der Waals surface area (Å²) in [5.41, 5.74) is 0.